The zero-order valence-corrected chi connectivity index (χ0v) is 19.1. The second kappa shape index (κ2) is 8.89. The molecule has 2 amide bonds. The van der Waals surface area contributed by atoms with E-state index in [0.717, 1.165) is 23.5 Å². The summed E-state index contributed by atoms with van der Waals surface area (Å²) >= 11 is 0.867. The number of rotatable bonds is 7. The number of fused-ring (bicyclic) bond motifs is 3. The Morgan fingerprint density at radius 1 is 1.24 bits per heavy atom. The zero-order chi connectivity index (χ0) is 25.4. The Morgan fingerprint density at radius 2 is 1.91 bits per heavy atom. The summed E-state index contributed by atoms with van der Waals surface area (Å²) < 4.78 is 54.5. The minimum Gasteiger partial charge on any atom is -0.372 e. The van der Waals surface area contributed by atoms with E-state index in [-0.39, 0.29) is 32.1 Å². The number of likely N-dealkylation sites (N-methyl/N-ethyl adjacent to an activating group) is 1. The largest absolute Gasteiger partial charge is 0.418 e. The number of hydrogen-bond donors (Lipinski definition) is 4. The van der Waals surface area contributed by atoms with Crippen LogP contribution < -0.4 is 16.0 Å². The van der Waals surface area contributed by atoms with Gasteiger partial charge in [0.2, 0.25) is 0 Å². The van der Waals surface area contributed by atoms with E-state index in [1.54, 1.807) is 0 Å². The van der Waals surface area contributed by atoms with Gasteiger partial charge in [-0.15, -0.1) is 0 Å². The van der Waals surface area contributed by atoms with Gasteiger partial charge in [-0.3, -0.25) is 20.0 Å². The third-order valence-electron chi connectivity index (χ3n) is 4.73. The van der Waals surface area contributed by atoms with Gasteiger partial charge in [0, 0.05) is 18.1 Å². The molecular formula is C21H20F4N6O2S. The summed E-state index contributed by atoms with van der Waals surface area (Å²) in [4.78, 5) is 28.6. The van der Waals surface area contributed by atoms with Gasteiger partial charge in [-0.25, -0.2) is 9.37 Å². The first-order valence-electron chi connectivity index (χ1n) is 9.65. The van der Waals surface area contributed by atoms with Crippen molar-refractivity contribution in [3.63, 3.8) is 0 Å². The Balaban J connectivity index is 1.88. The third-order valence-corrected chi connectivity index (χ3v) is 5.74. The van der Waals surface area contributed by atoms with Crippen molar-refractivity contribution < 1.29 is 27.2 Å². The van der Waals surface area contributed by atoms with E-state index in [4.69, 9.17) is 0 Å². The molecule has 0 saturated heterocycles. The fraction of sp³-hybridized carbons (Fsp3) is 0.238. The smallest absolute Gasteiger partial charge is 0.372 e. The lowest BCUT2D eigenvalue weighted by Gasteiger charge is -2.26. The number of allylic oxidation sites excluding steroid dienone is 1. The van der Waals surface area contributed by atoms with Crippen molar-refractivity contribution in [3.05, 3.63) is 54.2 Å². The minimum atomic E-state index is -4.67. The van der Waals surface area contributed by atoms with Crippen molar-refractivity contribution in [2.24, 2.45) is 0 Å². The topological polar surface area (TPSA) is 112 Å². The molecule has 3 rings (SSSR count). The average Bonchev–Trinajstić information content (AvgIpc) is 3.35. The van der Waals surface area contributed by atoms with E-state index in [9.17, 15) is 27.2 Å². The van der Waals surface area contributed by atoms with Gasteiger partial charge in [0.15, 0.2) is 5.13 Å². The van der Waals surface area contributed by atoms with Gasteiger partial charge < -0.3 is 10.6 Å². The second-order valence-corrected chi connectivity index (χ2v) is 8.72. The number of H-pyrrole nitrogens is 1. The third kappa shape index (κ3) is 4.93. The van der Waals surface area contributed by atoms with Crippen LogP contribution in [0.1, 0.15) is 19.4 Å². The lowest BCUT2D eigenvalue weighted by Crippen LogP contribution is -2.49. The molecule has 0 spiro atoms. The number of carbonyl (C=O) groups excluding carboxylic acids is 2. The molecule has 2 heterocycles. The first-order valence-corrected chi connectivity index (χ1v) is 10.5. The summed E-state index contributed by atoms with van der Waals surface area (Å²) in [5, 5.41) is 14.2. The van der Waals surface area contributed by atoms with Gasteiger partial charge >= 0.3 is 6.18 Å². The lowest BCUT2D eigenvalue weighted by atomic mass is 10.0. The number of carbonyl (C=O) groups is 2. The fourth-order valence-corrected chi connectivity index (χ4v) is 4.08. The number of aromatic nitrogens is 3. The monoisotopic (exact) mass is 496 g/mol. The molecule has 0 radical (unpaired) electrons. The molecule has 0 fully saturated rings. The van der Waals surface area contributed by atoms with Crippen LogP contribution in [0.15, 0.2) is 48.6 Å². The highest BCUT2D eigenvalue weighted by Gasteiger charge is 2.36. The molecule has 0 atom stereocenters. The van der Waals surface area contributed by atoms with Crippen LogP contribution >= 0.6 is 11.3 Å². The molecule has 0 saturated carbocycles. The molecule has 8 nitrogen and oxygen atoms in total. The van der Waals surface area contributed by atoms with E-state index >= 15 is 0 Å². The number of alkyl halides is 3. The molecule has 0 aliphatic rings. The summed E-state index contributed by atoms with van der Waals surface area (Å²) in [5.74, 6) is -2.39. The molecule has 180 valence electrons. The van der Waals surface area contributed by atoms with E-state index < -0.39 is 34.9 Å². The van der Waals surface area contributed by atoms with Crippen molar-refractivity contribution in [1.29, 1.82) is 0 Å². The predicted octanol–water partition coefficient (Wildman–Crippen LogP) is 4.17. The van der Waals surface area contributed by atoms with Crippen LogP contribution in [0.3, 0.4) is 0 Å². The first-order chi connectivity index (χ1) is 15.7. The molecule has 2 aromatic heterocycles. The Bertz CT molecular complexity index is 1350. The second-order valence-electron chi connectivity index (χ2n) is 7.72. The molecular weight excluding hydrogens is 476 g/mol. The van der Waals surface area contributed by atoms with Crippen LogP contribution in [0.25, 0.3) is 21.1 Å². The average molecular weight is 496 g/mol. The zero-order valence-electron chi connectivity index (χ0n) is 18.3. The molecule has 13 heteroatoms. The van der Waals surface area contributed by atoms with Crippen LogP contribution in [-0.2, 0) is 15.8 Å². The molecule has 0 unspecified atom stereocenters. The van der Waals surface area contributed by atoms with Crippen molar-refractivity contribution >= 4 is 49.4 Å². The van der Waals surface area contributed by atoms with Crippen molar-refractivity contribution in [1.82, 2.24) is 25.8 Å². The van der Waals surface area contributed by atoms with Crippen molar-refractivity contribution in [3.8, 4) is 0 Å². The molecule has 0 bridgehead atoms. The van der Waals surface area contributed by atoms with E-state index in [1.807, 2.05) is 0 Å². The maximum Gasteiger partial charge on any atom is 0.418 e. The van der Waals surface area contributed by atoms with E-state index in [2.05, 4.69) is 44.3 Å². The predicted molar refractivity (Wildman–Crippen MR) is 122 cm³/mol. The van der Waals surface area contributed by atoms with Crippen molar-refractivity contribution in [2.45, 2.75) is 25.6 Å². The molecule has 34 heavy (non-hydrogen) atoms. The summed E-state index contributed by atoms with van der Waals surface area (Å²) in [6, 6.07) is 0.917. The van der Waals surface area contributed by atoms with E-state index in [1.165, 1.54) is 27.1 Å². The summed E-state index contributed by atoms with van der Waals surface area (Å²) in [7, 11) is 1.31. The highest BCUT2D eigenvalue weighted by molar-refractivity contribution is 7.23. The van der Waals surface area contributed by atoms with E-state index in [0.29, 0.717) is 5.39 Å². The van der Waals surface area contributed by atoms with Crippen LogP contribution in [0.2, 0.25) is 0 Å². The number of halogens is 4. The number of nitrogens with one attached hydrogen (secondary N) is 4. The van der Waals surface area contributed by atoms with Gasteiger partial charge in [0.25, 0.3) is 11.8 Å². The van der Waals surface area contributed by atoms with Gasteiger partial charge in [0.1, 0.15) is 11.4 Å². The van der Waals surface area contributed by atoms with Crippen LogP contribution in [0.5, 0.6) is 0 Å². The Morgan fingerprint density at radius 3 is 2.50 bits per heavy atom. The highest BCUT2D eigenvalue weighted by atomic mass is 32.1. The normalized spacial score (nSPS) is 12.6. The van der Waals surface area contributed by atoms with Crippen LogP contribution in [0.4, 0.5) is 22.7 Å². The van der Waals surface area contributed by atoms with Crippen LogP contribution in [-0.4, -0.2) is 39.6 Å². The number of aromatic amines is 1. The van der Waals surface area contributed by atoms with Crippen LogP contribution in [0, 0.1) is 0 Å². The standard InChI is InChI=1S/C21H20F4N6O2S/c1-9(6-11(10(2)22)17(32)26-5)30-20(3,4)18(33)29-19-28-15-13(21(23,24)25)7-14-12(8-27-31-14)16(15)34-19/h6-8,30H,1-2H2,3-5H3,(H,26,32)(H,27,31)(H,28,29,33)/b11-6+. The SMILES string of the molecule is C=C(/C=C(\C(=C)F)C(=O)NC)NC(C)(C)C(=O)Nc1nc2c(C(F)(F)F)cc3[nH]ncc3c2s1. The van der Waals surface area contributed by atoms with Gasteiger partial charge in [0.05, 0.1) is 33.1 Å². The highest BCUT2D eigenvalue weighted by Crippen LogP contribution is 2.41. The number of thiazole rings is 1. The quantitative estimate of drug-likeness (QED) is 0.223. The van der Waals surface area contributed by atoms with Gasteiger partial charge in [-0.2, -0.15) is 18.3 Å². The molecule has 3 aromatic rings. The van der Waals surface area contributed by atoms with Gasteiger partial charge in [-0.05, 0) is 26.0 Å². The maximum absolute atomic E-state index is 13.6. The number of nitrogens with zero attached hydrogens (tertiary/aromatic N) is 2. The fourth-order valence-electron chi connectivity index (χ4n) is 3.08. The molecule has 0 aliphatic carbocycles. The Kier molecular flexibility index (Phi) is 6.51. The summed E-state index contributed by atoms with van der Waals surface area (Å²) in [6.45, 7) is 9.69. The Hall–Kier alpha value is -3.74. The Labute approximate surface area is 194 Å². The maximum atomic E-state index is 13.6. The number of amides is 2. The van der Waals surface area contributed by atoms with Gasteiger partial charge in [-0.1, -0.05) is 24.5 Å². The summed E-state index contributed by atoms with van der Waals surface area (Å²) in [6.07, 6.45) is -2.20. The number of anilines is 1. The minimum absolute atomic E-state index is 0.0290. The number of hydrogen-bond acceptors (Lipinski definition) is 6. The summed E-state index contributed by atoms with van der Waals surface area (Å²) in [5.41, 5.74) is -2.80. The lowest BCUT2D eigenvalue weighted by molar-refractivity contribution is -0.136. The molecule has 0 aliphatic heterocycles. The molecule has 4 N–H and O–H groups in total. The number of benzene rings is 1. The molecule has 1 aromatic carbocycles. The first kappa shape index (κ1) is 24.9. The van der Waals surface area contributed by atoms with Crippen molar-refractivity contribution in [2.75, 3.05) is 12.4 Å².